The molecule has 0 unspecified atom stereocenters. The average molecular weight is 464 g/mol. The highest BCUT2D eigenvalue weighted by Crippen LogP contribution is 2.36. The first-order valence-electron chi connectivity index (χ1n) is 8.80. The summed E-state index contributed by atoms with van der Waals surface area (Å²) in [5.41, 5.74) is -5.06. The van der Waals surface area contributed by atoms with E-state index in [0.29, 0.717) is 43.8 Å². The standard InChI is InChI=1S/C18H17ClF3N3O4S/c19-14-3-1-13(2-4-14)12-23-7-9-24(10-8-23)16-6-5-15(11-17(16)25(26)27)30(28,29)18(20,21)22/h1-6,11H,7-10,12H2. The first-order valence-corrected chi connectivity index (χ1v) is 10.7. The summed E-state index contributed by atoms with van der Waals surface area (Å²) in [5, 5.41) is 12.0. The van der Waals surface area contributed by atoms with E-state index in [1.165, 1.54) is 0 Å². The molecule has 0 radical (unpaired) electrons. The van der Waals surface area contributed by atoms with Gasteiger partial charge in [0.15, 0.2) is 0 Å². The maximum Gasteiger partial charge on any atom is 0.501 e. The zero-order valence-electron chi connectivity index (χ0n) is 15.5. The molecular weight excluding hydrogens is 447 g/mol. The summed E-state index contributed by atoms with van der Waals surface area (Å²) in [6.45, 7) is 2.61. The van der Waals surface area contributed by atoms with Gasteiger partial charge in [0.2, 0.25) is 0 Å². The average Bonchev–Trinajstić information content (AvgIpc) is 2.69. The first kappa shape index (κ1) is 22.3. The van der Waals surface area contributed by atoms with Crippen LogP contribution in [0.4, 0.5) is 24.5 Å². The van der Waals surface area contributed by atoms with Gasteiger partial charge < -0.3 is 4.90 Å². The predicted molar refractivity (Wildman–Crippen MR) is 105 cm³/mol. The largest absolute Gasteiger partial charge is 0.501 e. The van der Waals surface area contributed by atoms with Crippen LogP contribution in [0.5, 0.6) is 0 Å². The molecule has 2 aromatic rings. The second kappa shape index (κ2) is 8.40. The lowest BCUT2D eigenvalue weighted by atomic mass is 10.2. The van der Waals surface area contributed by atoms with Gasteiger partial charge in [0.1, 0.15) is 5.69 Å². The number of anilines is 1. The maximum atomic E-state index is 12.8. The van der Waals surface area contributed by atoms with Crippen LogP contribution in [0.3, 0.4) is 0 Å². The molecule has 1 fully saturated rings. The molecule has 12 heteroatoms. The Hall–Kier alpha value is -2.37. The molecule has 7 nitrogen and oxygen atoms in total. The molecule has 162 valence electrons. The number of benzene rings is 2. The van der Waals surface area contributed by atoms with E-state index in [2.05, 4.69) is 4.90 Å². The fourth-order valence-corrected chi connectivity index (χ4v) is 4.12. The van der Waals surface area contributed by atoms with Crippen LogP contribution in [0.1, 0.15) is 5.56 Å². The van der Waals surface area contributed by atoms with Crippen molar-refractivity contribution in [1.29, 1.82) is 0 Å². The zero-order chi connectivity index (χ0) is 22.1. The van der Waals surface area contributed by atoms with Gasteiger partial charge in [-0.2, -0.15) is 13.2 Å². The van der Waals surface area contributed by atoms with Crippen molar-refractivity contribution in [2.45, 2.75) is 16.9 Å². The molecule has 0 aliphatic carbocycles. The fraction of sp³-hybridized carbons (Fsp3) is 0.333. The summed E-state index contributed by atoms with van der Waals surface area (Å²) in [6.07, 6.45) is 0. The lowest BCUT2D eigenvalue weighted by molar-refractivity contribution is -0.384. The van der Waals surface area contributed by atoms with Crippen LogP contribution in [0.25, 0.3) is 0 Å². The molecule has 1 aliphatic heterocycles. The lowest BCUT2D eigenvalue weighted by Crippen LogP contribution is -2.46. The predicted octanol–water partition coefficient (Wildman–Crippen LogP) is 3.86. The molecule has 0 saturated carbocycles. The van der Waals surface area contributed by atoms with Crippen LogP contribution in [-0.2, 0) is 16.4 Å². The van der Waals surface area contributed by atoms with Crippen molar-refractivity contribution in [1.82, 2.24) is 4.90 Å². The molecule has 2 aromatic carbocycles. The van der Waals surface area contributed by atoms with Crippen molar-refractivity contribution >= 4 is 32.8 Å². The van der Waals surface area contributed by atoms with Crippen molar-refractivity contribution in [2.75, 3.05) is 31.1 Å². The van der Waals surface area contributed by atoms with E-state index in [-0.39, 0.29) is 5.69 Å². The molecule has 1 heterocycles. The van der Waals surface area contributed by atoms with E-state index in [9.17, 15) is 31.7 Å². The SMILES string of the molecule is O=[N+]([O-])c1cc(S(=O)(=O)C(F)(F)F)ccc1N1CCN(Cc2ccc(Cl)cc2)CC1. The fourth-order valence-electron chi connectivity index (χ4n) is 3.21. The second-order valence-electron chi connectivity index (χ2n) is 6.75. The summed E-state index contributed by atoms with van der Waals surface area (Å²) in [4.78, 5) is 13.2. The van der Waals surface area contributed by atoms with Crippen LogP contribution in [0.2, 0.25) is 5.02 Å². The second-order valence-corrected chi connectivity index (χ2v) is 9.12. The van der Waals surface area contributed by atoms with Crippen molar-refractivity contribution in [2.24, 2.45) is 0 Å². The van der Waals surface area contributed by atoms with Crippen molar-refractivity contribution in [3.8, 4) is 0 Å². The Kier molecular flexibility index (Phi) is 6.25. The third-order valence-electron chi connectivity index (χ3n) is 4.79. The van der Waals surface area contributed by atoms with Crippen molar-refractivity contribution in [3.63, 3.8) is 0 Å². The van der Waals surface area contributed by atoms with Crippen molar-refractivity contribution < 1.29 is 26.5 Å². The minimum atomic E-state index is -5.67. The van der Waals surface area contributed by atoms with E-state index >= 15 is 0 Å². The quantitative estimate of drug-likeness (QED) is 0.494. The van der Waals surface area contributed by atoms with Gasteiger partial charge in [-0.25, -0.2) is 8.42 Å². The Morgan fingerprint density at radius 1 is 1.03 bits per heavy atom. The van der Waals surface area contributed by atoms with Crippen LogP contribution < -0.4 is 4.90 Å². The molecule has 1 aliphatic rings. The summed E-state index contributed by atoms with van der Waals surface area (Å²) >= 11 is 5.87. The summed E-state index contributed by atoms with van der Waals surface area (Å²) in [6, 6.07) is 9.66. The zero-order valence-corrected chi connectivity index (χ0v) is 17.0. The first-order chi connectivity index (χ1) is 14.0. The van der Waals surface area contributed by atoms with Crippen LogP contribution in [0, 0.1) is 10.1 Å². The molecule has 0 amide bonds. The van der Waals surface area contributed by atoms with Gasteiger partial charge in [0.05, 0.1) is 9.82 Å². The molecule has 3 rings (SSSR count). The third kappa shape index (κ3) is 4.68. The molecular formula is C18H17ClF3N3O4S. The highest BCUT2D eigenvalue weighted by Gasteiger charge is 2.47. The molecule has 0 N–H and O–H groups in total. The number of rotatable bonds is 5. The lowest BCUT2D eigenvalue weighted by Gasteiger charge is -2.35. The van der Waals surface area contributed by atoms with E-state index in [1.54, 1.807) is 17.0 Å². The van der Waals surface area contributed by atoms with Gasteiger partial charge in [-0.1, -0.05) is 23.7 Å². The molecule has 0 bridgehead atoms. The molecule has 0 aromatic heterocycles. The number of nitro groups is 1. The monoisotopic (exact) mass is 463 g/mol. The molecule has 30 heavy (non-hydrogen) atoms. The van der Waals surface area contributed by atoms with Gasteiger partial charge in [-0.15, -0.1) is 0 Å². The highest BCUT2D eigenvalue weighted by atomic mass is 35.5. The minimum Gasteiger partial charge on any atom is -0.363 e. The number of hydrogen-bond donors (Lipinski definition) is 0. The molecule has 0 spiro atoms. The van der Waals surface area contributed by atoms with Gasteiger partial charge in [0, 0.05) is 43.8 Å². The van der Waals surface area contributed by atoms with Crippen LogP contribution in [0.15, 0.2) is 47.4 Å². The van der Waals surface area contributed by atoms with Gasteiger partial charge >= 0.3 is 5.51 Å². The minimum absolute atomic E-state index is 0.0901. The summed E-state index contributed by atoms with van der Waals surface area (Å²) < 4.78 is 61.5. The number of nitro benzene ring substituents is 1. The smallest absolute Gasteiger partial charge is 0.363 e. The number of alkyl halides is 3. The van der Waals surface area contributed by atoms with Crippen LogP contribution >= 0.6 is 11.6 Å². The van der Waals surface area contributed by atoms with Gasteiger partial charge in [-0.05, 0) is 29.8 Å². The van der Waals surface area contributed by atoms with E-state index < -0.39 is 30.9 Å². The normalized spacial score (nSPS) is 15.9. The topological polar surface area (TPSA) is 83.8 Å². The summed E-state index contributed by atoms with van der Waals surface area (Å²) in [7, 11) is -5.67. The Balaban J connectivity index is 1.76. The third-order valence-corrected chi connectivity index (χ3v) is 6.53. The number of halogens is 4. The maximum absolute atomic E-state index is 12.8. The van der Waals surface area contributed by atoms with E-state index in [4.69, 9.17) is 11.6 Å². The van der Waals surface area contributed by atoms with E-state index in [1.807, 2.05) is 12.1 Å². The van der Waals surface area contributed by atoms with E-state index in [0.717, 1.165) is 17.7 Å². The molecule has 1 saturated heterocycles. The Morgan fingerprint density at radius 3 is 2.17 bits per heavy atom. The summed E-state index contributed by atoms with van der Waals surface area (Å²) in [5.74, 6) is 0. The highest BCUT2D eigenvalue weighted by molar-refractivity contribution is 7.92. The number of piperazine rings is 1. The van der Waals surface area contributed by atoms with Gasteiger partial charge in [-0.3, -0.25) is 15.0 Å². The number of nitrogens with zero attached hydrogens (tertiary/aromatic N) is 3. The van der Waals surface area contributed by atoms with Crippen LogP contribution in [-0.4, -0.2) is 49.9 Å². The van der Waals surface area contributed by atoms with Crippen molar-refractivity contribution in [3.05, 3.63) is 63.2 Å². The number of sulfone groups is 1. The number of hydrogen-bond acceptors (Lipinski definition) is 6. The Labute approximate surface area is 175 Å². The molecule has 0 atom stereocenters. The van der Waals surface area contributed by atoms with Gasteiger partial charge in [0.25, 0.3) is 15.5 Å². The Bertz CT molecular complexity index is 1040. The Morgan fingerprint density at radius 2 is 1.63 bits per heavy atom.